The van der Waals surface area contributed by atoms with Crippen LogP contribution in [0.2, 0.25) is 0 Å². The lowest BCUT2D eigenvalue weighted by molar-refractivity contribution is -0.173. The Labute approximate surface area is 119 Å². The second-order valence-corrected chi connectivity index (χ2v) is 4.57. The van der Waals surface area contributed by atoms with Crippen molar-refractivity contribution in [3.63, 3.8) is 0 Å². The molecule has 0 aliphatic heterocycles. The topological polar surface area (TPSA) is 72.0 Å². The molecule has 0 aliphatic rings. The Morgan fingerprint density at radius 2 is 2.10 bits per heavy atom. The van der Waals surface area contributed by atoms with E-state index >= 15 is 0 Å². The highest BCUT2D eigenvalue weighted by molar-refractivity contribution is 5.88. The molecule has 0 radical (unpaired) electrons. The number of nitrogens with zero attached hydrogens (tertiary/aromatic N) is 1. The van der Waals surface area contributed by atoms with E-state index in [0.717, 1.165) is 0 Å². The van der Waals surface area contributed by atoms with Crippen molar-refractivity contribution in [3.8, 4) is 0 Å². The lowest BCUT2D eigenvalue weighted by Crippen LogP contribution is -2.35. The van der Waals surface area contributed by atoms with Crippen LogP contribution in [0, 0.1) is 13.8 Å². The number of alkyl halides is 2. The van der Waals surface area contributed by atoms with Crippen molar-refractivity contribution >= 4 is 16.9 Å². The second kappa shape index (κ2) is 5.23. The summed E-state index contributed by atoms with van der Waals surface area (Å²) in [5.41, 5.74) is -0.999. The third kappa shape index (κ3) is 2.39. The van der Waals surface area contributed by atoms with Crippen molar-refractivity contribution in [1.29, 1.82) is 0 Å². The molecule has 2 heterocycles. The molecule has 0 saturated carbocycles. The van der Waals surface area contributed by atoms with E-state index in [0.29, 0.717) is 16.6 Å². The van der Waals surface area contributed by atoms with Crippen molar-refractivity contribution in [3.05, 3.63) is 39.4 Å². The first-order valence-electron chi connectivity index (χ1n) is 6.34. The number of fused-ring (bicyclic) bond motifs is 1. The van der Waals surface area contributed by atoms with E-state index in [9.17, 15) is 18.4 Å². The summed E-state index contributed by atoms with van der Waals surface area (Å²) in [6, 6.07) is 1.52. The minimum Gasteiger partial charge on any atom is -0.461 e. The maximum Gasteiger partial charge on any atom is 0.382 e. The molecule has 0 fully saturated rings. The summed E-state index contributed by atoms with van der Waals surface area (Å²) in [5.74, 6) is -5.75. The fourth-order valence-corrected chi connectivity index (χ4v) is 2.33. The molecule has 0 atom stereocenters. The lowest BCUT2D eigenvalue weighted by Gasteiger charge is -2.17. The van der Waals surface area contributed by atoms with Crippen molar-refractivity contribution < 1.29 is 18.3 Å². The van der Waals surface area contributed by atoms with Crippen molar-refractivity contribution in [2.24, 2.45) is 0 Å². The molecular weight excluding hydrogens is 282 g/mol. The number of hydrogen-bond acceptors (Lipinski definition) is 4. The minimum atomic E-state index is -4.01. The maximum atomic E-state index is 14.2. The molecule has 1 N–H and O–H groups in total. The number of carbonyl (C=O) groups is 1. The molecule has 5 nitrogen and oxygen atoms in total. The van der Waals surface area contributed by atoms with E-state index < -0.39 is 23.0 Å². The Morgan fingerprint density at radius 1 is 1.43 bits per heavy atom. The Hall–Kier alpha value is -2.31. The van der Waals surface area contributed by atoms with E-state index in [2.05, 4.69) is 14.7 Å². The summed E-state index contributed by atoms with van der Waals surface area (Å²) in [7, 11) is 0. The molecular formula is C14H14F2N2O3. The van der Waals surface area contributed by atoms with Gasteiger partial charge in [-0.15, -0.1) is 0 Å². The number of halogens is 2. The van der Waals surface area contributed by atoms with Gasteiger partial charge in [0.05, 0.1) is 12.1 Å². The smallest absolute Gasteiger partial charge is 0.382 e. The highest BCUT2D eigenvalue weighted by Gasteiger charge is 2.46. The number of ether oxygens (including phenoxy) is 1. The van der Waals surface area contributed by atoms with Crippen LogP contribution in [0.4, 0.5) is 8.78 Å². The van der Waals surface area contributed by atoms with Crippen molar-refractivity contribution in [2.75, 3.05) is 6.61 Å². The average molecular weight is 296 g/mol. The zero-order chi connectivity index (χ0) is 15.8. The molecule has 0 bridgehead atoms. The molecule has 0 unspecified atom stereocenters. The van der Waals surface area contributed by atoms with Gasteiger partial charge in [0.25, 0.3) is 5.56 Å². The van der Waals surface area contributed by atoms with E-state index in [-0.39, 0.29) is 12.2 Å². The number of esters is 1. The third-order valence-electron chi connectivity index (χ3n) is 3.21. The van der Waals surface area contributed by atoms with Crippen molar-refractivity contribution in [1.82, 2.24) is 9.97 Å². The summed E-state index contributed by atoms with van der Waals surface area (Å²) < 4.78 is 32.8. The summed E-state index contributed by atoms with van der Waals surface area (Å²) in [4.78, 5) is 29.8. The first-order chi connectivity index (χ1) is 9.80. The largest absolute Gasteiger partial charge is 0.461 e. The van der Waals surface area contributed by atoms with Crippen LogP contribution in [-0.4, -0.2) is 22.5 Å². The molecule has 0 spiro atoms. The molecule has 21 heavy (non-hydrogen) atoms. The molecule has 0 saturated heterocycles. The Kier molecular flexibility index (Phi) is 3.76. The zero-order valence-corrected chi connectivity index (χ0v) is 11.8. The second-order valence-electron chi connectivity index (χ2n) is 4.57. The van der Waals surface area contributed by atoms with Crippen LogP contribution < -0.4 is 5.56 Å². The average Bonchev–Trinajstić information content (AvgIpc) is 2.38. The van der Waals surface area contributed by atoms with E-state index in [1.54, 1.807) is 6.92 Å². The Balaban J connectivity index is 2.78. The SMILES string of the molecule is CCOC(=O)C(F)(F)c1c(C)c2c(C)nccc2[nH]c1=O. The van der Waals surface area contributed by atoms with Gasteiger partial charge < -0.3 is 9.72 Å². The van der Waals surface area contributed by atoms with Gasteiger partial charge >= 0.3 is 11.9 Å². The molecule has 2 aromatic heterocycles. The molecule has 0 amide bonds. The number of H-pyrrole nitrogens is 1. The normalized spacial score (nSPS) is 11.7. The number of nitrogens with one attached hydrogen (secondary N) is 1. The number of aromatic amines is 1. The summed E-state index contributed by atoms with van der Waals surface area (Å²) >= 11 is 0. The number of aromatic nitrogens is 2. The zero-order valence-electron chi connectivity index (χ0n) is 11.8. The van der Waals surface area contributed by atoms with Gasteiger partial charge in [-0.1, -0.05) is 0 Å². The van der Waals surface area contributed by atoms with Gasteiger partial charge in [-0.3, -0.25) is 9.78 Å². The van der Waals surface area contributed by atoms with Crippen LogP contribution in [0.3, 0.4) is 0 Å². The van der Waals surface area contributed by atoms with Crippen LogP contribution in [0.15, 0.2) is 17.1 Å². The fourth-order valence-electron chi connectivity index (χ4n) is 2.33. The van der Waals surface area contributed by atoms with Crippen molar-refractivity contribution in [2.45, 2.75) is 26.7 Å². The highest BCUT2D eigenvalue weighted by atomic mass is 19.3. The summed E-state index contributed by atoms with van der Waals surface area (Å²) in [6.45, 7) is 4.23. The van der Waals surface area contributed by atoms with E-state index in [4.69, 9.17) is 0 Å². The van der Waals surface area contributed by atoms with Crippen LogP contribution in [0.1, 0.15) is 23.7 Å². The third-order valence-corrected chi connectivity index (χ3v) is 3.21. The van der Waals surface area contributed by atoms with Gasteiger partial charge in [-0.2, -0.15) is 8.78 Å². The van der Waals surface area contributed by atoms with Gasteiger partial charge in [-0.05, 0) is 32.4 Å². The van der Waals surface area contributed by atoms with Crippen LogP contribution in [0.5, 0.6) is 0 Å². The van der Waals surface area contributed by atoms with Crippen LogP contribution in [0.25, 0.3) is 10.9 Å². The number of rotatable bonds is 3. The first kappa shape index (κ1) is 15.1. The predicted molar refractivity (Wildman–Crippen MR) is 72.4 cm³/mol. The standard InChI is InChI=1S/C14H14F2N2O3/c1-4-21-13(20)14(15,16)11-7(2)10-8(3)17-6-5-9(10)18-12(11)19/h5-6H,4H2,1-3H3,(H,18,19). The molecule has 7 heteroatoms. The maximum absolute atomic E-state index is 14.2. The van der Waals surface area contributed by atoms with Gasteiger partial charge in [0, 0.05) is 17.3 Å². The molecule has 0 aliphatic carbocycles. The quantitative estimate of drug-likeness (QED) is 0.881. The lowest BCUT2D eigenvalue weighted by atomic mass is 9.99. The number of carbonyl (C=O) groups excluding carboxylic acids is 1. The van der Waals surface area contributed by atoms with Crippen LogP contribution >= 0.6 is 0 Å². The van der Waals surface area contributed by atoms with Gasteiger partial charge in [0.2, 0.25) is 0 Å². The first-order valence-corrected chi connectivity index (χ1v) is 6.34. The number of aryl methyl sites for hydroxylation is 2. The minimum absolute atomic E-state index is 0.0254. The van der Waals surface area contributed by atoms with Gasteiger partial charge in [0.1, 0.15) is 5.56 Å². The fraction of sp³-hybridized carbons (Fsp3) is 0.357. The van der Waals surface area contributed by atoms with E-state index in [1.165, 1.54) is 26.1 Å². The molecule has 2 rings (SSSR count). The Bertz CT molecular complexity index is 769. The highest BCUT2D eigenvalue weighted by Crippen LogP contribution is 2.32. The monoisotopic (exact) mass is 296 g/mol. The Morgan fingerprint density at radius 3 is 2.71 bits per heavy atom. The number of pyridine rings is 2. The predicted octanol–water partition coefficient (Wildman–Crippen LogP) is 2.19. The molecule has 112 valence electrons. The van der Waals surface area contributed by atoms with E-state index in [1.807, 2.05) is 0 Å². The number of hydrogen-bond donors (Lipinski definition) is 1. The van der Waals surface area contributed by atoms with Crippen LogP contribution in [-0.2, 0) is 15.5 Å². The summed E-state index contributed by atoms with van der Waals surface area (Å²) in [5, 5.41) is 0.399. The molecule has 2 aromatic rings. The summed E-state index contributed by atoms with van der Waals surface area (Å²) in [6.07, 6.45) is 1.47. The van der Waals surface area contributed by atoms with Gasteiger partial charge in [0.15, 0.2) is 0 Å². The molecule has 0 aromatic carbocycles. The van der Waals surface area contributed by atoms with Gasteiger partial charge in [-0.25, -0.2) is 4.79 Å².